The summed E-state index contributed by atoms with van der Waals surface area (Å²) in [7, 11) is 1.67. The number of carbonyl (C=O) groups is 1. The smallest absolute Gasteiger partial charge is 0.276 e. The van der Waals surface area contributed by atoms with Gasteiger partial charge in [-0.15, -0.1) is 0 Å². The number of aromatic nitrogens is 1. The molecule has 1 saturated carbocycles. The number of ether oxygens (including phenoxy) is 1. The molecular formula is C17H20N2O4. The lowest BCUT2D eigenvalue weighted by molar-refractivity contribution is 0.0163. The molecule has 1 aromatic carbocycles. The van der Waals surface area contributed by atoms with Crippen molar-refractivity contribution in [2.45, 2.75) is 38.0 Å². The number of benzene rings is 1. The molecule has 122 valence electrons. The summed E-state index contributed by atoms with van der Waals surface area (Å²) in [6.07, 6.45) is 0.308. The zero-order valence-electron chi connectivity index (χ0n) is 13.2. The lowest BCUT2D eigenvalue weighted by Gasteiger charge is -2.28. The molecule has 1 aromatic heterocycles. The molecule has 1 amide bonds. The van der Waals surface area contributed by atoms with Gasteiger partial charge in [0.15, 0.2) is 5.69 Å². The molecular weight excluding hydrogens is 296 g/mol. The maximum atomic E-state index is 12.4. The van der Waals surface area contributed by atoms with Crippen molar-refractivity contribution in [3.05, 3.63) is 47.9 Å². The quantitative estimate of drug-likeness (QED) is 0.934. The summed E-state index contributed by atoms with van der Waals surface area (Å²) < 4.78 is 10.8. The van der Waals surface area contributed by atoms with Gasteiger partial charge < -0.3 is 19.3 Å². The van der Waals surface area contributed by atoms with E-state index >= 15 is 0 Å². The molecule has 0 saturated heterocycles. The van der Waals surface area contributed by atoms with Gasteiger partial charge in [-0.25, -0.2) is 0 Å². The summed E-state index contributed by atoms with van der Waals surface area (Å²) in [4.78, 5) is 13.9. The van der Waals surface area contributed by atoms with Gasteiger partial charge in [0.25, 0.3) is 5.91 Å². The number of aliphatic hydroxyl groups excluding tert-OH is 1. The first-order chi connectivity index (χ1) is 11.1. The van der Waals surface area contributed by atoms with Crippen LogP contribution in [0.5, 0.6) is 5.75 Å². The molecule has 6 heteroatoms. The summed E-state index contributed by atoms with van der Waals surface area (Å²) in [5.41, 5.74) is 0.254. The van der Waals surface area contributed by atoms with Gasteiger partial charge in [0.2, 0.25) is 0 Å². The van der Waals surface area contributed by atoms with Crippen LogP contribution in [-0.4, -0.2) is 46.4 Å². The van der Waals surface area contributed by atoms with Gasteiger partial charge in [-0.1, -0.05) is 23.4 Å². The fourth-order valence-corrected chi connectivity index (χ4v) is 2.95. The number of aliphatic hydroxyl groups is 1. The van der Waals surface area contributed by atoms with Crippen LogP contribution in [-0.2, 0) is 0 Å². The van der Waals surface area contributed by atoms with E-state index in [0.717, 1.165) is 5.75 Å². The highest BCUT2D eigenvalue weighted by atomic mass is 16.5. The molecule has 23 heavy (non-hydrogen) atoms. The zero-order chi connectivity index (χ0) is 16.4. The average Bonchev–Trinajstić information content (AvgIpc) is 3.14. The number of rotatable bonds is 4. The summed E-state index contributed by atoms with van der Waals surface area (Å²) in [6.45, 7) is 1.73. The lowest BCUT2D eigenvalue weighted by Crippen LogP contribution is -2.45. The number of amides is 1. The van der Waals surface area contributed by atoms with E-state index in [9.17, 15) is 9.90 Å². The van der Waals surface area contributed by atoms with Crippen molar-refractivity contribution in [3.63, 3.8) is 0 Å². The van der Waals surface area contributed by atoms with Crippen LogP contribution in [0.25, 0.3) is 0 Å². The summed E-state index contributed by atoms with van der Waals surface area (Å²) in [5, 5.41) is 14.3. The third kappa shape index (κ3) is 3.22. The van der Waals surface area contributed by atoms with Crippen LogP contribution >= 0.6 is 0 Å². The monoisotopic (exact) mass is 316 g/mol. The largest absolute Gasteiger partial charge is 0.488 e. The van der Waals surface area contributed by atoms with Gasteiger partial charge in [-0.3, -0.25) is 4.79 Å². The van der Waals surface area contributed by atoms with Crippen molar-refractivity contribution in [2.75, 3.05) is 7.05 Å². The van der Waals surface area contributed by atoms with Crippen LogP contribution < -0.4 is 4.74 Å². The summed E-state index contributed by atoms with van der Waals surface area (Å²) in [6, 6.07) is 10.7. The van der Waals surface area contributed by atoms with E-state index in [2.05, 4.69) is 5.16 Å². The molecule has 1 aliphatic carbocycles. The highest BCUT2D eigenvalue weighted by Gasteiger charge is 2.40. The molecule has 1 N–H and O–H groups in total. The van der Waals surface area contributed by atoms with Gasteiger partial charge in [-0.05, 0) is 31.9 Å². The Morgan fingerprint density at radius 1 is 1.35 bits per heavy atom. The van der Waals surface area contributed by atoms with Crippen LogP contribution in [0.2, 0.25) is 0 Å². The predicted molar refractivity (Wildman–Crippen MR) is 83.2 cm³/mol. The van der Waals surface area contributed by atoms with Crippen LogP contribution in [0, 0.1) is 6.92 Å². The minimum atomic E-state index is -0.739. The fraction of sp³-hybridized carbons (Fsp3) is 0.412. The molecule has 0 bridgehead atoms. The van der Waals surface area contributed by atoms with E-state index in [1.807, 2.05) is 30.3 Å². The molecule has 3 atom stereocenters. The molecule has 6 nitrogen and oxygen atoms in total. The van der Waals surface area contributed by atoms with Crippen molar-refractivity contribution >= 4 is 5.91 Å². The van der Waals surface area contributed by atoms with Gasteiger partial charge in [0.05, 0.1) is 6.04 Å². The summed E-state index contributed by atoms with van der Waals surface area (Å²) in [5.74, 6) is 1.04. The van der Waals surface area contributed by atoms with Gasteiger partial charge in [0.1, 0.15) is 23.7 Å². The number of likely N-dealkylation sites (N-methyl/N-ethyl adjacent to an activating group) is 1. The molecule has 1 aliphatic rings. The van der Waals surface area contributed by atoms with Crippen molar-refractivity contribution in [1.82, 2.24) is 10.1 Å². The average molecular weight is 316 g/mol. The van der Waals surface area contributed by atoms with Gasteiger partial charge in [0, 0.05) is 13.1 Å². The maximum Gasteiger partial charge on any atom is 0.276 e. The Morgan fingerprint density at radius 3 is 2.74 bits per heavy atom. The van der Waals surface area contributed by atoms with Gasteiger partial charge >= 0.3 is 0 Å². The zero-order valence-corrected chi connectivity index (χ0v) is 13.2. The van der Waals surface area contributed by atoms with Crippen molar-refractivity contribution in [2.24, 2.45) is 0 Å². The topological polar surface area (TPSA) is 75.8 Å². The first-order valence-corrected chi connectivity index (χ1v) is 7.66. The molecule has 2 aromatic rings. The second kappa shape index (κ2) is 6.42. The Hall–Kier alpha value is -2.34. The first-order valence-electron chi connectivity index (χ1n) is 7.66. The first kappa shape index (κ1) is 15.6. The molecule has 0 unspecified atom stereocenters. The van der Waals surface area contributed by atoms with E-state index in [1.165, 1.54) is 4.90 Å². The van der Waals surface area contributed by atoms with E-state index in [-0.39, 0.29) is 23.7 Å². The number of para-hydroxylation sites is 1. The predicted octanol–water partition coefficient (Wildman–Crippen LogP) is 2.03. The normalized spacial score (nSPS) is 23.7. The van der Waals surface area contributed by atoms with Gasteiger partial charge in [-0.2, -0.15) is 0 Å². The standard InChI is InChI=1S/C17H20N2O4/c1-11-10-13(18-23-11)17(21)19(2)14-8-9-15(16(14)20)22-12-6-4-3-5-7-12/h3-7,10,14-16,20H,8-9H2,1-2H3/t14-,15-,16-/m1/s1. The Balaban J connectivity index is 1.66. The summed E-state index contributed by atoms with van der Waals surface area (Å²) >= 11 is 0. The number of hydrogen-bond acceptors (Lipinski definition) is 5. The van der Waals surface area contributed by atoms with E-state index in [4.69, 9.17) is 9.26 Å². The van der Waals surface area contributed by atoms with Crippen LogP contribution in [0.1, 0.15) is 29.1 Å². The third-order valence-electron chi connectivity index (χ3n) is 4.22. The highest BCUT2D eigenvalue weighted by molar-refractivity contribution is 5.92. The Labute approximate surface area is 134 Å². The van der Waals surface area contributed by atoms with Crippen molar-refractivity contribution in [3.8, 4) is 5.75 Å². The van der Waals surface area contributed by atoms with E-state index in [0.29, 0.717) is 18.6 Å². The molecule has 0 spiro atoms. The van der Waals surface area contributed by atoms with Crippen LogP contribution in [0.15, 0.2) is 40.9 Å². The minimum absolute atomic E-state index is 0.254. The Kier molecular flexibility index (Phi) is 4.34. The number of hydrogen-bond donors (Lipinski definition) is 1. The molecule has 3 rings (SSSR count). The second-order valence-corrected chi connectivity index (χ2v) is 5.84. The third-order valence-corrected chi connectivity index (χ3v) is 4.22. The van der Waals surface area contributed by atoms with Crippen LogP contribution in [0.4, 0.5) is 0 Å². The molecule has 0 aliphatic heterocycles. The second-order valence-electron chi connectivity index (χ2n) is 5.84. The minimum Gasteiger partial charge on any atom is -0.488 e. The number of nitrogens with zero attached hydrogens (tertiary/aromatic N) is 2. The Bertz CT molecular complexity index is 670. The van der Waals surface area contributed by atoms with Crippen molar-refractivity contribution < 1.29 is 19.2 Å². The number of aryl methyl sites for hydroxylation is 1. The molecule has 1 heterocycles. The highest BCUT2D eigenvalue weighted by Crippen LogP contribution is 2.28. The molecule has 1 fully saturated rings. The lowest BCUT2D eigenvalue weighted by atomic mass is 10.1. The molecule has 0 radical (unpaired) electrons. The number of carbonyl (C=O) groups excluding carboxylic acids is 1. The van der Waals surface area contributed by atoms with E-state index < -0.39 is 6.10 Å². The Morgan fingerprint density at radius 2 is 2.09 bits per heavy atom. The maximum absolute atomic E-state index is 12.4. The fourth-order valence-electron chi connectivity index (χ4n) is 2.95. The van der Waals surface area contributed by atoms with Crippen LogP contribution in [0.3, 0.4) is 0 Å². The van der Waals surface area contributed by atoms with Crippen molar-refractivity contribution in [1.29, 1.82) is 0 Å². The SMILES string of the molecule is Cc1cc(C(=O)N(C)[C@@H]2CC[C@@H](Oc3ccccc3)[C@@H]2O)no1. The van der Waals surface area contributed by atoms with E-state index in [1.54, 1.807) is 20.0 Å².